The summed E-state index contributed by atoms with van der Waals surface area (Å²) >= 11 is 0. The van der Waals surface area contributed by atoms with Gasteiger partial charge in [-0.1, -0.05) is 30.3 Å². The molecule has 4 aliphatic rings. The highest BCUT2D eigenvalue weighted by atomic mass is 19.1. The van der Waals surface area contributed by atoms with Crippen LogP contribution in [0.5, 0.6) is 0 Å². The van der Waals surface area contributed by atoms with Gasteiger partial charge in [0.1, 0.15) is 0 Å². The molecule has 0 saturated heterocycles. The monoisotopic (exact) mass is 301 g/mol. The van der Waals surface area contributed by atoms with Gasteiger partial charge < -0.3 is 0 Å². The highest BCUT2D eigenvalue weighted by Crippen LogP contribution is 2.70. The summed E-state index contributed by atoms with van der Waals surface area (Å²) in [6.07, 6.45) is 0.868. The summed E-state index contributed by atoms with van der Waals surface area (Å²) in [6.45, 7) is 0. The number of alkyl halides is 2. The molecule has 0 spiro atoms. The summed E-state index contributed by atoms with van der Waals surface area (Å²) < 4.78 is 30.6. The molecule has 22 heavy (non-hydrogen) atoms. The van der Waals surface area contributed by atoms with Crippen LogP contribution in [-0.2, 0) is 0 Å². The average Bonchev–Trinajstić information content (AvgIpc) is 2.97. The van der Waals surface area contributed by atoms with Gasteiger partial charge in [0.25, 0.3) is 0 Å². The summed E-state index contributed by atoms with van der Waals surface area (Å²) in [5.74, 6) is 1.19. The predicted octanol–water partition coefficient (Wildman–Crippen LogP) is 4.09. The quantitative estimate of drug-likeness (QED) is 0.855. The zero-order valence-electron chi connectivity index (χ0n) is 12.1. The van der Waals surface area contributed by atoms with Crippen LogP contribution in [-0.4, -0.2) is 14.8 Å². The Morgan fingerprint density at radius 2 is 1.91 bits per heavy atom. The molecule has 114 valence electrons. The Balaban J connectivity index is 1.50. The molecule has 3 nitrogen and oxygen atoms in total. The summed E-state index contributed by atoms with van der Waals surface area (Å²) in [7, 11) is 0. The third-order valence-electron chi connectivity index (χ3n) is 5.71. The molecule has 3 fully saturated rings. The first-order valence-electron chi connectivity index (χ1n) is 7.96. The van der Waals surface area contributed by atoms with E-state index in [4.69, 9.17) is 0 Å². The molecule has 1 aromatic carbocycles. The predicted molar refractivity (Wildman–Crippen MR) is 76.7 cm³/mol. The maximum absolute atomic E-state index is 14.8. The van der Waals surface area contributed by atoms with Gasteiger partial charge >= 0.3 is 0 Å². The van der Waals surface area contributed by atoms with Crippen molar-refractivity contribution < 1.29 is 8.78 Å². The van der Waals surface area contributed by atoms with Gasteiger partial charge in [-0.05, 0) is 30.7 Å². The Bertz CT molecular complexity index is 710. The van der Waals surface area contributed by atoms with E-state index < -0.39 is 12.3 Å². The van der Waals surface area contributed by atoms with E-state index in [-0.39, 0.29) is 23.1 Å². The van der Waals surface area contributed by atoms with Crippen LogP contribution in [0.1, 0.15) is 61.3 Å². The Hall–Kier alpha value is -1.78. The normalized spacial score (nSPS) is 36.4. The Labute approximate surface area is 127 Å². The van der Waals surface area contributed by atoms with Crippen LogP contribution >= 0.6 is 0 Å². The van der Waals surface area contributed by atoms with Crippen LogP contribution in [0.2, 0.25) is 0 Å². The topological polar surface area (TPSA) is 30.7 Å². The van der Waals surface area contributed by atoms with Gasteiger partial charge in [-0.25, -0.2) is 18.4 Å². The number of hydrogen-bond acceptors (Lipinski definition) is 2. The zero-order valence-corrected chi connectivity index (χ0v) is 12.1. The number of halogens is 2. The molecule has 0 N–H and O–H groups in total. The highest BCUT2D eigenvalue weighted by Gasteiger charge is 2.62. The van der Waals surface area contributed by atoms with E-state index in [2.05, 4.69) is 10.1 Å². The summed E-state index contributed by atoms with van der Waals surface area (Å²) in [6, 6.07) is 9.53. The number of aromatic nitrogens is 3. The van der Waals surface area contributed by atoms with Crippen molar-refractivity contribution in [1.82, 2.24) is 14.8 Å². The van der Waals surface area contributed by atoms with E-state index in [9.17, 15) is 8.78 Å². The van der Waals surface area contributed by atoms with Crippen molar-refractivity contribution in [3.8, 4) is 0 Å². The van der Waals surface area contributed by atoms with Crippen LogP contribution < -0.4 is 0 Å². The standard InChI is InChI=1S/C17H17F2N3/c18-12-6-13(11-4-2-1-3-5-11)22-16(12)20-15(21-22)14(19)17-7-10(8-17)9-17/h1-5,10,12-14H,6-9H2/t10?,12-,13-,14+,17?/m0/s1. The number of benzene rings is 1. The zero-order chi connectivity index (χ0) is 14.9. The molecule has 6 rings (SSSR count). The van der Waals surface area contributed by atoms with E-state index in [1.54, 1.807) is 4.68 Å². The molecule has 2 heterocycles. The van der Waals surface area contributed by atoms with Crippen LogP contribution in [0.3, 0.4) is 0 Å². The van der Waals surface area contributed by atoms with Crippen molar-refractivity contribution in [3.05, 3.63) is 47.5 Å². The fourth-order valence-corrected chi connectivity index (χ4v) is 4.39. The second kappa shape index (κ2) is 4.15. The van der Waals surface area contributed by atoms with E-state index in [1.165, 1.54) is 0 Å². The van der Waals surface area contributed by atoms with Gasteiger partial charge in [-0.2, -0.15) is 5.10 Å². The second-order valence-electron chi connectivity index (χ2n) is 7.11. The molecule has 5 heteroatoms. The maximum Gasteiger partial charge on any atom is 0.185 e. The van der Waals surface area contributed by atoms with E-state index in [0.29, 0.717) is 12.3 Å². The minimum Gasteiger partial charge on any atom is -0.239 e. The minimum atomic E-state index is -1.16. The van der Waals surface area contributed by atoms with Crippen LogP contribution in [0.4, 0.5) is 8.78 Å². The average molecular weight is 301 g/mol. The summed E-state index contributed by atoms with van der Waals surface area (Å²) in [5.41, 5.74) is 0.766. The molecular weight excluding hydrogens is 284 g/mol. The molecule has 1 aliphatic heterocycles. The van der Waals surface area contributed by atoms with Gasteiger partial charge in [-0.3, -0.25) is 0 Å². The molecule has 0 radical (unpaired) electrons. The summed E-state index contributed by atoms with van der Waals surface area (Å²) in [4.78, 5) is 4.22. The molecule has 3 aliphatic carbocycles. The molecule has 1 aromatic heterocycles. The fraction of sp³-hybridized carbons (Fsp3) is 0.529. The molecule has 0 unspecified atom stereocenters. The largest absolute Gasteiger partial charge is 0.239 e. The van der Waals surface area contributed by atoms with Crippen LogP contribution in [0.15, 0.2) is 30.3 Å². The molecular formula is C17H17F2N3. The molecule has 0 amide bonds. The van der Waals surface area contributed by atoms with Crippen molar-refractivity contribution >= 4 is 0 Å². The molecule has 3 atom stereocenters. The highest BCUT2D eigenvalue weighted by molar-refractivity contribution is 5.24. The lowest BCUT2D eigenvalue weighted by atomic mass is 9.42. The maximum atomic E-state index is 14.8. The van der Waals surface area contributed by atoms with Crippen molar-refractivity contribution in [3.63, 3.8) is 0 Å². The lowest BCUT2D eigenvalue weighted by molar-refractivity contribution is -0.162. The summed E-state index contributed by atoms with van der Waals surface area (Å²) in [5, 5.41) is 4.36. The second-order valence-corrected chi connectivity index (χ2v) is 7.11. The first kappa shape index (κ1) is 12.7. The van der Waals surface area contributed by atoms with Gasteiger partial charge in [0, 0.05) is 11.8 Å². The Morgan fingerprint density at radius 1 is 1.18 bits per heavy atom. The SMILES string of the molecule is F[C@H](c1nc2n(n1)[C@H](c1ccccc1)C[C@@H]2F)C12CC(C1)C2. The smallest absolute Gasteiger partial charge is 0.185 e. The number of rotatable bonds is 3. The minimum absolute atomic E-state index is 0.173. The molecule has 3 saturated carbocycles. The molecule has 2 bridgehead atoms. The van der Waals surface area contributed by atoms with Gasteiger partial charge in [0.15, 0.2) is 24.0 Å². The van der Waals surface area contributed by atoms with Crippen molar-refractivity contribution in [2.24, 2.45) is 11.3 Å². The van der Waals surface area contributed by atoms with Crippen LogP contribution in [0.25, 0.3) is 0 Å². The van der Waals surface area contributed by atoms with Gasteiger partial charge in [0.2, 0.25) is 0 Å². The lowest BCUT2D eigenvalue weighted by Gasteiger charge is -2.62. The van der Waals surface area contributed by atoms with Crippen molar-refractivity contribution in [2.45, 2.75) is 44.1 Å². The van der Waals surface area contributed by atoms with E-state index >= 15 is 0 Å². The van der Waals surface area contributed by atoms with Crippen LogP contribution in [0, 0.1) is 11.3 Å². The lowest BCUT2D eigenvalue weighted by Crippen LogP contribution is -2.54. The molecule has 2 aromatic rings. The first-order chi connectivity index (χ1) is 10.7. The Morgan fingerprint density at radius 3 is 2.55 bits per heavy atom. The fourth-order valence-electron chi connectivity index (χ4n) is 4.39. The van der Waals surface area contributed by atoms with E-state index in [0.717, 1.165) is 24.8 Å². The van der Waals surface area contributed by atoms with Gasteiger partial charge in [0.05, 0.1) is 6.04 Å². The third kappa shape index (κ3) is 1.54. The Kier molecular flexibility index (Phi) is 2.40. The third-order valence-corrected chi connectivity index (χ3v) is 5.71. The first-order valence-corrected chi connectivity index (χ1v) is 7.96. The number of fused-ring (bicyclic) bond motifs is 1. The number of hydrogen-bond donors (Lipinski definition) is 0. The van der Waals surface area contributed by atoms with E-state index in [1.807, 2.05) is 30.3 Å². The van der Waals surface area contributed by atoms with Gasteiger partial charge in [-0.15, -0.1) is 0 Å². The van der Waals surface area contributed by atoms with Crippen molar-refractivity contribution in [2.75, 3.05) is 0 Å². The number of nitrogens with zero attached hydrogens (tertiary/aromatic N) is 3. The van der Waals surface area contributed by atoms with Crippen molar-refractivity contribution in [1.29, 1.82) is 0 Å².